The zero-order valence-corrected chi connectivity index (χ0v) is 10.7. The van der Waals surface area contributed by atoms with Crippen molar-refractivity contribution in [2.45, 2.75) is 45.2 Å². The molecular weight excluding hydrogens is 198 g/mol. The van der Waals surface area contributed by atoms with Gasteiger partial charge in [0, 0.05) is 12.1 Å². The van der Waals surface area contributed by atoms with Crippen molar-refractivity contribution in [1.29, 1.82) is 0 Å². The van der Waals surface area contributed by atoms with Gasteiger partial charge >= 0.3 is 0 Å². The summed E-state index contributed by atoms with van der Waals surface area (Å²) in [6.07, 6.45) is 3.96. The van der Waals surface area contributed by atoms with Crippen molar-refractivity contribution in [1.82, 2.24) is 10.6 Å². The number of rotatable bonds is 2. The highest BCUT2D eigenvalue weighted by atomic mass is 15.0. The lowest BCUT2D eigenvalue weighted by molar-refractivity contribution is 0.115. The monoisotopic (exact) mass is 225 g/mol. The lowest BCUT2D eigenvalue weighted by Crippen LogP contribution is -2.57. The van der Waals surface area contributed by atoms with Crippen LogP contribution >= 0.6 is 0 Å². The first kappa shape index (κ1) is 12.3. The van der Waals surface area contributed by atoms with Crippen LogP contribution in [0.5, 0.6) is 0 Å². The van der Waals surface area contributed by atoms with Crippen molar-refractivity contribution in [3.63, 3.8) is 0 Å². The topological polar surface area (TPSA) is 50.1 Å². The van der Waals surface area contributed by atoms with Gasteiger partial charge in [0.05, 0.1) is 0 Å². The predicted octanol–water partition coefficient (Wildman–Crippen LogP) is 0.947. The largest absolute Gasteiger partial charge is 0.330 e. The van der Waals surface area contributed by atoms with E-state index >= 15 is 0 Å². The summed E-state index contributed by atoms with van der Waals surface area (Å²) in [6.45, 7) is 7.89. The van der Waals surface area contributed by atoms with Gasteiger partial charge in [-0.25, -0.2) is 0 Å². The molecule has 0 radical (unpaired) electrons. The zero-order chi connectivity index (χ0) is 11.5. The van der Waals surface area contributed by atoms with Gasteiger partial charge in [-0.05, 0) is 63.6 Å². The average molecular weight is 225 g/mol. The van der Waals surface area contributed by atoms with Crippen LogP contribution in [0.1, 0.15) is 33.1 Å². The Morgan fingerprint density at radius 1 is 1.31 bits per heavy atom. The van der Waals surface area contributed by atoms with Gasteiger partial charge in [-0.1, -0.05) is 6.92 Å². The molecule has 0 aromatic heterocycles. The van der Waals surface area contributed by atoms with Crippen LogP contribution in [0.4, 0.5) is 0 Å². The minimum Gasteiger partial charge on any atom is -0.330 e. The van der Waals surface area contributed by atoms with Crippen LogP contribution in [0.25, 0.3) is 0 Å². The number of hydrogen-bond donors (Lipinski definition) is 3. The zero-order valence-electron chi connectivity index (χ0n) is 10.7. The van der Waals surface area contributed by atoms with Crippen molar-refractivity contribution in [3.8, 4) is 0 Å². The Hall–Kier alpha value is -0.120. The summed E-state index contributed by atoms with van der Waals surface area (Å²) < 4.78 is 0. The van der Waals surface area contributed by atoms with E-state index in [2.05, 4.69) is 24.5 Å². The van der Waals surface area contributed by atoms with Gasteiger partial charge in [-0.15, -0.1) is 0 Å². The van der Waals surface area contributed by atoms with Gasteiger partial charge in [0.15, 0.2) is 0 Å². The quantitative estimate of drug-likeness (QED) is 0.656. The van der Waals surface area contributed by atoms with Crippen molar-refractivity contribution in [2.75, 3.05) is 19.6 Å². The lowest BCUT2D eigenvalue weighted by atomic mass is 9.73. The first-order chi connectivity index (χ1) is 7.72. The summed E-state index contributed by atoms with van der Waals surface area (Å²) in [5.41, 5.74) is 5.98. The smallest absolute Gasteiger partial charge is 0.0153 e. The summed E-state index contributed by atoms with van der Waals surface area (Å²) >= 11 is 0. The van der Waals surface area contributed by atoms with Crippen LogP contribution in [0.15, 0.2) is 0 Å². The second kappa shape index (κ2) is 5.48. The van der Waals surface area contributed by atoms with E-state index in [1.54, 1.807) is 0 Å². The van der Waals surface area contributed by atoms with Gasteiger partial charge in [0.1, 0.15) is 0 Å². The van der Waals surface area contributed by atoms with Crippen molar-refractivity contribution < 1.29 is 0 Å². The minimum absolute atomic E-state index is 0.636. The van der Waals surface area contributed by atoms with E-state index in [1.807, 2.05) is 0 Å². The van der Waals surface area contributed by atoms with Crippen LogP contribution in [-0.2, 0) is 0 Å². The molecule has 2 heterocycles. The maximum Gasteiger partial charge on any atom is 0.0153 e. The maximum absolute atomic E-state index is 5.98. The van der Waals surface area contributed by atoms with E-state index in [9.17, 15) is 0 Å². The fraction of sp³-hybridized carbons (Fsp3) is 1.00. The van der Waals surface area contributed by atoms with Crippen LogP contribution in [-0.4, -0.2) is 31.7 Å². The first-order valence-electron chi connectivity index (χ1n) is 6.89. The minimum atomic E-state index is 0.636. The van der Waals surface area contributed by atoms with Gasteiger partial charge in [0.25, 0.3) is 0 Å². The van der Waals surface area contributed by atoms with E-state index in [4.69, 9.17) is 5.73 Å². The Bertz CT molecular complexity index is 213. The lowest BCUT2D eigenvalue weighted by Gasteiger charge is -2.45. The first-order valence-corrected chi connectivity index (χ1v) is 6.89. The molecule has 5 unspecified atom stereocenters. The number of hydrogen-bond acceptors (Lipinski definition) is 3. The van der Waals surface area contributed by atoms with Gasteiger partial charge in [-0.2, -0.15) is 0 Å². The van der Waals surface area contributed by atoms with E-state index in [0.717, 1.165) is 18.4 Å². The van der Waals surface area contributed by atoms with E-state index in [-0.39, 0.29) is 0 Å². The van der Waals surface area contributed by atoms with Gasteiger partial charge in [-0.3, -0.25) is 0 Å². The number of nitrogens with one attached hydrogen (secondary N) is 2. The average Bonchev–Trinajstić information content (AvgIpc) is 2.29. The molecule has 0 aliphatic carbocycles. The Balaban J connectivity index is 2.02. The fourth-order valence-electron chi connectivity index (χ4n) is 3.66. The Kier molecular flexibility index (Phi) is 4.22. The predicted molar refractivity (Wildman–Crippen MR) is 68.3 cm³/mol. The van der Waals surface area contributed by atoms with E-state index < -0.39 is 0 Å². The molecule has 2 rings (SSSR count). The molecule has 0 spiro atoms. The highest BCUT2D eigenvalue weighted by Gasteiger charge is 2.37. The highest BCUT2D eigenvalue weighted by Crippen LogP contribution is 2.31. The SMILES string of the molecule is CC1CC(C)C(CN)C(C2CCCNC2)N1. The third-order valence-corrected chi connectivity index (χ3v) is 4.51. The van der Waals surface area contributed by atoms with Gasteiger partial charge < -0.3 is 16.4 Å². The van der Waals surface area contributed by atoms with Crippen LogP contribution in [0.3, 0.4) is 0 Å². The summed E-state index contributed by atoms with van der Waals surface area (Å²) in [6, 6.07) is 1.29. The molecule has 16 heavy (non-hydrogen) atoms. The van der Waals surface area contributed by atoms with Crippen molar-refractivity contribution in [3.05, 3.63) is 0 Å². The molecule has 0 bridgehead atoms. The molecule has 0 saturated carbocycles. The van der Waals surface area contributed by atoms with Crippen molar-refractivity contribution >= 4 is 0 Å². The second-order valence-electron chi connectivity index (χ2n) is 5.81. The van der Waals surface area contributed by atoms with E-state index in [1.165, 1.54) is 32.4 Å². The van der Waals surface area contributed by atoms with Crippen LogP contribution in [0, 0.1) is 17.8 Å². The third kappa shape index (κ3) is 2.58. The molecular formula is C13H27N3. The molecule has 2 aliphatic rings. The molecule has 3 heteroatoms. The molecule has 2 fully saturated rings. The molecule has 0 aromatic rings. The van der Waals surface area contributed by atoms with Crippen LogP contribution < -0.4 is 16.4 Å². The molecule has 5 atom stereocenters. The summed E-state index contributed by atoms with van der Waals surface area (Å²) in [5, 5.41) is 7.32. The van der Waals surface area contributed by atoms with Gasteiger partial charge in [0.2, 0.25) is 0 Å². The third-order valence-electron chi connectivity index (χ3n) is 4.51. The van der Waals surface area contributed by atoms with Crippen LogP contribution in [0.2, 0.25) is 0 Å². The Labute approximate surface area is 99.5 Å². The molecule has 4 N–H and O–H groups in total. The fourth-order valence-corrected chi connectivity index (χ4v) is 3.66. The Morgan fingerprint density at radius 2 is 2.12 bits per heavy atom. The maximum atomic E-state index is 5.98. The molecule has 3 nitrogen and oxygen atoms in total. The highest BCUT2D eigenvalue weighted by molar-refractivity contribution is 4.94. The molecule has 2 aliphatic heterocycles. The summed E-state index contributed by atoms with van der Waals surface area (Å²) in [5.74, 6) is 2.22. The molecule has 94 valence electrons. The second-order valence-corrected chi connectivity index (χ2v) is 5.81. The van der Waals surface area contributed by atoms with E-state index in [0.29, 0.717) is 18.0 Å². The Morgan fingerprint density at radius 3 is 2.75 bits per heavy atom. The molecule has 0 aromatic carbocycles. The van der Waals surface area contributed by atoms with Crippen molar-refractivity contribution in [2.24, 2.45) is 23.5 Å². The normalized spacial score (nSPS) is 45.6. The summed E-state index contributed by atoms with van der Waals surface area (Å²) in [7, 11) is 0. The standard InChI is InChI=1S/C13H27N3/c1-9-6-10(2)16-13(12(9)7-14)11-4-3-5-15-8-11/h9-13,15-16H,3-8,14H2,1-2H3. The number of nitrogens with two attached hydrogens (primary N) is 1. The summed E-state index contributed by atoms with van der Waals surface area (Å²) in [4.78, 5) is 0. The molecule has 2 saturated heterocycles. The number of piperidine rings is 2. The molecule has 0 amide bonds.